The van der Waals surface area contributed by atoms with Crippen molar-refractivity contribution < 1.29 is 9.53 Å². The zero-order valence-electron chi connectivity index (χ0n) is 14.8. The number of carbonyl (C=O) groups excluding carboxylic acids is 1. The van der Waals surface area contributed by atoms with Gasteiger partial charge in [0.2, 0.25) is 0 Å². The minimum absolute atomic E-state index is 0.293. The molecule has 0 aliphatic heterocycles. The monoisotopic (exact) mass is 361 g/mol. The van der Waals surface area contributed by atoms with E-state index in [1.165, 1.54) is 0 Å². The molecule has 1 heterocycles. The van der Waals surface area contributed by atoms with E-state index >= 15 is 0 Å². The van der Waals surface area contributed by atoms with Gasteiger partial charge in [-0.25, -0.2) is 0 Å². The topological polar surface area (TPSA) is 106 Å². The van der Waals surface area contributed by atoms with Gasteiger partial charge in [0.25, 0.3) is 5.91 Å². The molecule has 0 radical (unpaired) electrons. The summed E-state index contributed by atoms with van der Waals surface area (Å²) < 4.78 is 7.45. The number of nitrogens with zero attached hydrogens (tertiary/aromatic N) is 3. The Bertz CT molecular complexity index is 1000. The van der Waals surface area contributed by atoms with Crippen molar-refractivity contribution in [1.29, 1.82) is 5.26 Å². The molecule has 0 saturated carbocycles. The number of aryl methyl sites for hydroxylation is 1. The van der Waals surface area contributed by atoms with Crippen molar-refractivity contribution in [1.82, 2.24) is 9.78 Å². The molecule has 2 aromatic carbocycles. The van der Waals surface area contributed by atoms with Crippen molar-refractivity contribution >= 4 is 11.6 Å². The summed E-state index contributed by atoms with van der Waals surface area (Å²) in [6.07, 6.45) is 1.70. The second kappa shape index (κ2) is 8.17. The number of nitrogens with two attached hydrogens (primary N) is 1. The van der Waals surface area contributed by atoms with Crippen molar-refractivity contribution in [3.63, 3.8) is 0 Å². The number of anilines is 1. The first-order valence-electron chi connectivity index (χ1n) is 8.39. The van der Waals surface area contributed by atoms with Crippen molar-refractivity contribution in [2.45, 2.75) is 0 Å². The summed E-state index contributed by atoms with van der Waals surface area (Å²) in [4.78, 5) is 12.5. The van der Waals surface area contributed by atoms with Gasteiger partial charge in [-0.2, -0.15) is 10.4 Å². The molecule has 0 fully saturated rings. The Kier molecular flexibility index (Phi) is 5.50. The maximum absolute atomic E-state index is 12.5. The molecule has 136 valence electrons. The van der Waals surface area contributed by atoms with Crippen molar-refractivity contribution in [2.75, 3.05) is 18.5 Å². The average molecular weight is 361 g/mol. The second-order valence-corrected chi connectivity index (χ2v) is 5.83. The SMILES string of the molecule is Cn1nccc1-c1cc(NC(=O)c2cccc(C#N)c2)ccc1OCCN. The van der Waals surface area contributed by atoms with E-state index in [9.17, 15) is 4.79 Å². The third-order valence-corrected chi connectivity index (χ3v) is 3.96. The Morgan fingerprint density at radius 1 is 1.30 bits per heavy atom. The Hall–Kier alpha value is -3.63. The van der Waals surface area contributed by atoms with Gasteiger partial charge >= 0.3 is 0 Å². The summed E-state index contributed by atoms with van der Waals surface area (Å²) >= 11 is 0. The standard InChI is InChI=1S/C20H19N5O2/c1-25-18(7-9-23-25)17-12-16(5-6-19(17)27-10-8-21)24-20(26)15-4-2-3-14(11-15)13-22/h2-7,9,11-12H,8,10,21H2,1H3,(H,24,26). The van der Waals surface area contributed by atoms with Crippen LogP contribution < -0.4 is 15.8 Å². The molecule has 3 aromatic rings. The summed E-state index contributed by atoms with van der Waals surface area (Å²) in [5.41, 5.74) is 8.65. The molecule has 0 saturated heterocycles. The number of aromatic nitrogens is 2. The summed E-state index contributed by atoms with van der Waals surface area (Å²) in [5, 5.41) is 16.0. The molecule has 0 bridgehead atoms. The summed E-state index contributed by atoms with van der Waals surface area (Å²) in [6.45, 7) is 0.788. The van der Waals surface area contributed by atoms with Gasteiger partial charge in [-0.15, -0.1) is 0 Å². The van der Waals surface area contributed by atoms with Gasteiger partial charge in [-0.05, 0) is 42.5 Å². The number of hydrogen-bond donors (Lipinski definition) is 2. The number of rotatable bonds is 6. The van der Waals surface area contributed by atoms with E-state index in [1.54, 1.807) is 47.3 Å². The molecular formula is C20H19N5O2. The average Bonchev–Trinajstić information content (AvgIpc) is 3.12. The Balaban J connectivity index is 1.91. The quantitative estimate of drug-likeness (QED) is 0.702. The highest BCUT2D eigenvalue weighted by Crippen LogP contribution is 2.32. The zero-order chi connectivity index (χ0) is 19.2. The minimum Gasteiger partial charge on any atom is -0.492 e. The Labute approximate surface area is 157 Å². The number of hydrogen-bond acceptors (Lipinski definition) is 5. The van der Waals surface area contributed by atoms with Crippen LogP contribution in [0.2, 0.25) is 0 Å². The molecule has 0 aliphatic rings. The second-order valence-electron chi connectivity index (χ2n) is 5.83. The van der Waals surface area contributed by atoms with Crippen molar-refractivity contribution in [2.24, 2.45) is 12.8 Å². The molecule has 27 heavy (non-hydrogen) atoms. The molecule has 1 amide bonds. The lowest BCUT2D eigenvalue weighted by Gasteiger charge is -2.14. The lowest BCUT2D eigenvalue weighted by atomic mass is 10.1. The highest BCUT2D eigenvalue weighted by atomic mass is 16.5. The van der Waals surface area contributed by atoms with E-state index < -0.39 is 0 Å². The van der Waals surface area contributed by atoms with Gasteiger partial charge in [-0.1, -0.05) is 6.07 Å². The van der Waals surface area contributed by atoms with E-state index in [1.807, 2.05) is 25.2 Å². The van der Waals surface area contributed by atoms with Crippen LogP contribution in [0.3, 0.4) is 0 Å². The van der Waals surface area contributed by atoms with Crippen LogP contribution in [0.15, 0.2) is 54.7 Å². The predicted molar refractivity (Wildman–Crippen MR) is 102 cm³/mol. The van der Waals surface area contributed by atoms with Gasteiger partial charge in [0.15, 0.2) is 0 Å². The maximum Gasteiger partial charge on any atom is 0.255 e. The van der Waals surface area contributed by atoms with Crippen molar-refractivity contribution in [3.8, 4) is 23.1 Å². The molecular weight excluding hydrogens is 342 g/mol. The van der Waals surface area contributed by atoms with Crippen LogP contribution >= 0.6 is 0 Å². The first kappa shape index (κ1) is 18.2. The molecule has 1 aromatic heterocycles. The first-order valence-corrected chi connectivity index (χ1v) is 8.39. The number of ether oxygens (including phenoxy) is 1. The third-order valence-electron chi connectivity index (χ3n) is 3.96. The lowest BCUT2D eigenvalue weighted by molar-refractivity contribution is 0.102. The van der Waals surface area contributed by atoms with E-state index in [-0.39, 0.29) is 5.91 Å². The first-order chi connectivity index (χ1) is 13.1. The molecule has 3 N–H and O–H groups in total. The van der Waals surface area contributed by atoms with Gasteiger partial charge in [-0.3, -0.25) is 9.48 Å². The van der Waals surface area contributed by atoms with Gasteiger partial charge < -0.3 is 15.8 Å². The fourth-order valence-electron chi connectivity index (χ4n) is 2.67. The van der Waals surface area contributed by atoms with Crippen molar-refractivity contribution in [3.05, 3.63) is 65.9 Å². The van der Waals surface area contributed by atoms with Crippen LogP contribution in [0.4, 0.5) is 5.69 Å². The van der Waals surface area contributed by atoms with Gasteiger partial charge in [0, 0.05) is 36.6 Å². The van der Waals surface area contributed by atoms with Crippen LogP contribution in [-0.4, -0.2) is 28.8 Å². The number of carbonyl (C=O) groups is 1. The highest BCUT2D eigenvalue weighted by molar-refractivity contribution is 6.04. The fourth-order valence-corrected chi connectivity index (χ4v) is 2.67. The largest absolute Gasteiger partial charge is 0.492 e. The Morgan fingerprint density at radius 3 is 2.85 bits per heavy atom. The number of nitrogens with one attached hydrogen (secondary N) is 1. The number of amides is 1. The van der Waals surface area contributed by atoms with Crippen LogP contribution in [0.25, 0.3) is 11.3 Å². The predicted octanol–water partition coefficient (Wildman–Crippen LogP) is 2.55. The molecule has 3 rings (SSSR count). The Morgan fingerprint density at radius 2 is 2.15 bits per heavy atom. The van der Waals surface area contributed by atoms with E-state index in [4.69, 9.17) is 15.7 Å². The minimum atomic E-state index is -0.293. The third kappa shape index (κ3) is 4.14. The number of nitriles is 1. The summed E-state index contributed by atoms with van der Waals surface area (Å²) in [7, 11) is 1.83. The normalized spacial score (nSPS) is 10.3. The highest BCUT2D eigenvalue weighted by Gasteiger charge is 2.13. The zero-order valence-corrected chi connectivity index (χ0v) is 14.8. The maximum atomic E-state index is 12.5. The molecule has 7 heteroatoms. The number of benzene rings is 2. The lowest BCUT2D eigenvalue weighted by Crippen LogP contribution is -2.13. The molecule has 0 spiro atoms. The van der Waals surface area contributed by atoms with Crippen LogP contribution in [0.1, 0.15) is 15.9 Å². The molecule has 7 nitrogen and oxygen atoms in total. The summed E-state index contributed by atoms with van der Waals surface area (Å²) in [5.74, 6) is 0.368. The molecule has 0 atom stereocenters. The van der Waals surface area contributed by atoms with E-state index in [2.05, 4.69) is 10.4 Å². The van der Waals surface area contributed by atoms with Crippen LogP contribution in [-0.2, 0) is 7.05 Å². The molecule has 0 unspecified atom stereocenters. The van der Waals surface area contributed by atoms with E-state index in [0.29, 0.717) is 35.7 Å². The van der Waals surface area contributed by atoms with E-state index in [0.717, 1.165) is 11.3 Å². The van der Waals surface area contributed by atoms with Gasteiger partial charge in [0.1, 0.15) is 12.4 Å². The van der Waals surface area contributed by atoms with Crippen LogP contribution in [0, 0.1) is 11.3 Å². The smallest absolute Gasteiger partial charge is 0.255 e. The van der Waals surface area contributed by atoms with Gasteiger partial charge in [0.05, 0.1) is 17.3 Å². The fraction of sp³-hybridized carbons (Fsp3) is 0.150. The summed E-state index contributed by atoms with van der Waals surface area (Å²) in [6, 6.07) is 15.8. The van der Waals surface area contributed by atoms with Crippen LogP contribution in [0.5, 0.6) is 5.75 Å². The molecule has 0 aliphatic carbocycles.